The number of anilines is 1. The molecule has 214 valence electrons. The van der Waals surface area contributed by atoms with Gasteiger partial charge in [-0.25, -0.2) is 18.6 Å². The molecule has 5 heterocycles. The summed E-state index contributed by atoms with van der Waals surface area (Å²) in [6, 6.07) is -0.129. The van der Waals surface area contributed by atoms with E-state index in [4.69, 9.17) is 26.1 Å². The van der Waals surface area contributed by atoms with Gasteiger partial charge in [0.2, 0.25) is 0 Å². The normalized spacial score (nSPS) is 29.4. The zero-order chi connectivity index (χ0) is 28.1. The third-order valence-electron chi connectivity index (χ3n) is 8.24. The quantitative estimate of drug-likeness (QED) is 0.359. The van der Waals surface area contributed by atoms with Crippen molar-refractivity contribution in [2.24, 2.45) is 4.99 Å². The molecule has 0 aromatic carbocycles. The lowest BCUT2D eigenvalue weighted by atomic mass is 9.95. The summed E-state index contributed by atoms with van der Waals surface area (Å²) in [5.41, 5.74) is -0.529. The molecule has 0 aliphatic carbocycles. The molecule has 2 bridgehead atoms. The Labute approximate surface area is 233 Å². The van der Waals surface area contributed by atoms with E-state index in [0.29, 0.717) is 37.4 Å². The molecule has 12 heteroatoms. The number of ether oxygens (including phenoxy) is 2. The molecule has 0 N–H and O–H groups in total. The van der Waals surface area contributed by atoms with Crippen molar-refractivity contribution >= 4 is 36.1 Å². The summed E-state index contributed by atoms with van der Waals surface area (Å²) in [5.74, 6) is -0.312. The Balaban J connectivity index is 1.43. The van der Waals surface area contributed by atoms with Crippen LogP contribution in [0, 0.1) is 6.92 Å². The molecular formula is C27H37ClF2N6O3. The fourth-order valence-corrected chi connectivity index (χ4v) is 6.66. The Hall–Kier alpha value is -2.53. The molecule has 4 atom stereocenters. The second kappa shape index (κ2) is 10.5. The topological polar surface area (TPSA) is 83.4 Å². The summed E-state index contributed by atoms with van der Waals surface area (Å²) < 4.78 is 41.4. The van der Waals surface area contributed by atoms with Gasteiger partial charge < -0.3 is 14.4 Å². The lowest BCUT2D eigenvalue weighted by molar-refractivity contribution is 0.0122. The van der Waals surface area contributed by atoms with Crippen LogP contribution in [0.5, 0.6) is 6.01 Å². The molecule has 1 amide bonds. The number of amides is 1. The highest BCUT2D eigenvalue weighted by Gasteiger charge is 2.50. The second-order valence-corrected chi connectivity index (χ2v) is 12.5. The number of hydrogen-bond acceptors (Lipinski definition) is 8. The molecule has 4 aliphatic heterocycles. The van der Waals surface area contributed by atoms with Gasteiger partial charge >= 0.3 is 12.1 Å². The Bertz CT molecular complexity index is 1160. The second-order valence-electron chi connectivity index (χ2n) is 12.1. The van der Waals surface area contributed by atoms with E-state index in [0.717, 1.165) is 32.2 Å². The summed E-state index contributed by atoms with van der Waals surface area (Å²) in [6.07, 6.45) is 2.66. The molecule has 0 spiro atoms. The third-order valence-corrected chi connectivity index (χ3v) is 8.53. The van der Waals surface area contributed by atoms with Crippen LogP contribution in [0.2, 0.25) is 0 Å². The third kappa shape index (κ3) is 5.44. The fraction of sp³-hybridized carbons (Fsp3) is 0.704. The minimum absolute atomic E-state index is 0.000249. The van der Waals surface area contributed by atoms with Crippen molar-refractivity contribution in [1.82, 2.24) is 19.8 Å². The summed E-state index contributed by atoms with van der Waals surface area (Å²) >= 11 is 6.00. The molecule has 2 unspecified atom stereocenters. The number of rotatable bonds is 6. The van der Waals surface area contributed by atoms with E-state index in [-0.39, 0.29) is 36.5 Å². The van der Waals surface area contributed by atoms with Gasteiger partial charge in [-0.1, -0.05) is 11.6 Å². The van der Waals surface area contributed by atoms with Crippen LogP contribution >= 0.6 is 11.6 Å². The van der Waals surface area contributed by atoms with Gasteiger partial charge in [-0.3, -0.25) is 9.80 Å². The lowest BCUT2D eigenvalue weighted by Crippen LogP contribution is -2.57. The maximum absolute atomic E-state index is 15.3. The molecule has 4 aliphatic rings. The molecular weight excluding hydrogens is 530 g/mol. The lowest BCUT2D eigenvalue weighted by Gasteiger charge is -2.42. The molecule has 4 saturated heterocycles. The first-order chi connectivity index (χ1) is 18.4. The molecule has 1 aromatic heterocycles. The SMILES string of the molecule is C=N/C(Cl)=C(/F)c1nc(OC[C@]23CCCN2C[C@@H](F)C3)nc(N2CC3CCC(C2)N3C(=O)OC(C)(C)C)c1C. The van der Waals surface area contributed by atoms with Crippen molar-refractivity contribution in [1.29, 1.82) is 0 Å². The fourth-order valence-electron chi connectivity index (χ4n) is 6.57. The predicted octanol–water partition coefficient (Wildman–Crippen LogP) is 4.86. The van der Waals surface area contributed by atoms with E-state index in [2.05, 4.69) is 21.6 Å². The number of alkyl halides is 1. The van der Waals surface area contributed by atoms with Crippen molar-refractivity contribution in [2.45, 2.75) is 89.2 Å². The van der Waals surface area contributed by atoms with Crippen LogP contribution in [0.3, 0.4) is 0 Å². The van der Waals surface area contributed by atoms with Gasteiger partial charge in [0.15, 0.2) is 11.0 Å². The molecule has 4 fully saturated rings. The maximum Gasteiger partial charge on any atom is 0.410 e. The van der Waals surface area contributed by atoms with Gasteiger partial charge in [0.05, 0.1) is 17.6 Å². The van der Waals surface area contributed by atoms with E-state index >= 15 is 4.39 Å². The molecule has 9 nitrogen and oxygen atoms in total. The van der Waals surface area contributed by atoms with E-state index in [9.17, 15) is 9.18 Å². The molecule has 39 heavy (non-hydrogen) atoms. The average Bonchev–Trinajstić information content (AvgIpc) is 3.48. The number of carbonyl (C=O) groups excluding carboxylic acids is 1. The first-order valence-electron chi connectivity index (χ1n) is 13.6. The van der Waals surface area contributed by atoms with Gasteiger partial charge in [-0.2, -0.15) is 9.97 Å². The van der Waals surface area contributed by atoms with E-state index in [1.165, 1.54) is 0 Å². The largest absolute Gasteiger partial charge is 0.461 e. The van der Waals surface area contributed by atoms with Crippen LogP contribution in [0.4, 0.5) is 19.4 Å². The summed E-state index contributed by atoms with van der Waals surface area (Å²) in [4.78, 5) is 31.6. The van der Waals surface area contributed by atoms with Gasteiger partial charge in [-0.15, -0.1) is 0 Å². The summed E-state index contributed by atoms with van der Waals surface area (Å²) in [7, 11) is 0. The highest BCUT2D eigenvalue weighted by Crippen LogP contribution is 2.41. The standard InChI is InChI=1S/C27H37ClF2N6O3/c1-16-21(20(30)22(28)31-5)32-24(38-15-27-9-6-10-35(27)12-17(29)11-27)33-23(16)34-13-18-7-8-19(14-34)36(18)25(37)39-26(2,3)4/h17-19H,5-15H2,1-4H3/b22-20+/t17-,18?,19?,27+/m0/s1. The maximum atomic E-state index is 15.3. The predicted molar refractivity (Wildman–Crippen MR) is 146 cm³/mol. The zero-order valence-electron chi connectivity index (χ0n) is 23.1. The van der Waals surface area contributed by atoms with Gasteiger partial charge in [0.1, 0.15) is 29.9 Å². The minimum atomic E-state index is -0.895. The Morgan fingerprint density at radius 1 is 1.23 bits per heavy atom. The van der Waals surface area contributed by atoms with Crippen LogP contribution < -0.4 is 9.64 Å². The summed E-state index contributed by atoms with van der Waals surface area (Å²) in [6.45, 7) is 13.1. The minimum Gasteiger partial charge on any atom is -0.461 e. The molecule has 5 rings (SSSR count). The van der Waals surface area contributed by atoms with Gasteiger partial charge in [0, 0.05) is 31.6 Å². The van der Waals surface area contributed by atoms with Crippen LogP contribution in [0.25, 0.3) is 5.83 Å². The first-order valence-corrected chi connectivity index (χ1v) is 14.0. The first kappa shape index (κ1) is 28.0. The molecule has 0 radical (unpaired) electrons. The Morgan fingerprint density at radius 3 is 2.56 bits per heavy atom. The van der Waals surface area contributed by atoms with Crippen LogP contribution in [0.15, 0.2) is 10.1 Å². The van der Waals surface area contributed by atoms with Crippen molar-refractivity contribution in [3.8, 4) is 6.01 Å². The van der Waals surface area contributed by atoms with Crippen LogP contribution in [-0.4, -0.2) is 94.8 Å². The average molecular weight is 567 g/mol. The number of carbonyl (C=O) groups is 1. The molecule has 0 saturated carbocycles. The highest BCUT2D eigenvalue weighted by atomic mass is 35.5. The summed E-state index contributed by atoms with van der Waals surface area (Å²) in [5, 5.41) is -0.403. The number of fused-ring (bicyclic) bond motifs is 3. The smallest absolute Gasteiger partial charge is 0.410 e. The number of nitrogens with zero attached hydrogens (tertiary/aromatic N) is 6. The number of aliphatic imine (C=N–C) groups is 1. The van der Waals surface area contributed by atoms with Crippen LogP contribution in [0.1, 0.15) is 64.1 Å². The van der Waals surface area contributed by atoms with Gasteiger partial charge in [-0.05, 0) is 66.6 Å². The molecule has 1 aromatic rings. The van der Waals surface area contributed by atoms with Crippen molar-refractivity contribution in [3.05, 3.63) is 16.4 Å². The van der Waals surface area contributed by atoms with E-state index in [1.807, 2.05) is 30.6 Å². The monoisotopic (exact) mass is 566 g/mol. The zero-order valence-corrected chi connectivity index (χ0v) is 23.8. The number of aromatic nitrogens is 2. The van der Waals surface area contributed by atoms with Gasteiger partial charge in [0.25, 0.3) is 0 Å². The Kier molecular flexibility index (Phi) is 7.52. The number of piperazine rings is 1. The van der Waals surface area contributed by atoms with E-state index in [1.54, 1.807) is 6.92 Å². The Morgan fingerprint density at radius 2 is 1.92 bits per heavy atom. The number of halogens is 3. The number of hydrogen-bond donors (Lipinski definition) is 0. The van der Waals surface area contributed by atoms with Crippen LogP contribution in [-0.2, 0) is 4.74 Å². The van der Waals surface area contributed by atoms with Crippen molar-refractivity contribution < 1.29 is 23.0 Å². The van der Waals surface area contributed by atoms with Crippen molar-refractivity contribution in [2.75, 3.05) is 37.7 Å². The van der Waals surface area contributed by atoms with E-state index < -0.39 is 28.3 Å². The highest BCUT2D eigenvalue weighted by molar-refractivity contribution is 6.32. The van der Waals surface area contributed by atoms with Crippen molar-refractivity contribution in [3.63, 3.8) is 0 Å².